The van der Waals surface area contributed by atoms with E-state index in [-0.39, 0.29) is 29.8 Å². The van der Waals surface area contributed by atoms with Gasteiger partial charge in [-0.1, -0.05) is 42.5 Å². The molecular formula is C26H30N2O4. The molecule has 0 bridgehead atoms. The van der Waals surface area contributed by atoms with E-state index < -0.39 is 6.10 Å². The van der Waals surface area contributed by atoms with Crippen molar-refractivity contribution in [2.75, 3.05) is 26.2 Å². The molecular weight excluding hydrogens is 404 g/mol. The standard InChI is InChI=1S/C26H30N2O4/c29-24(27-14-6-9-19-7-2-1-3-8-19)20-17-26(20)12-15-28(16-13-26)25(30)23-18-31-21-10-4-5-11-22(21)32-23/h1-5,7-8,10-11,20,23H,6,9,12-18H2,(H,27,29)/t20-,23+/m0/s1. The highest BCUT2D eigenvalue weighted by atomic mass is 16.6. The first-order chi connectivity index (χ1) is 15.6. The Morgan fingerprint density at radius 1 is 1.00 bits per heavy atom. The van der Waals surface area contributed by atoms with Gasteiger partial charge in [-0.25, -0.2) is 0 Å². The van der Waals surface area contributed by atoms with Gasteiger partial charge in [-0.15, -0.1) is 0 Å². The Morgan fingerprint density at radius 2 is 1.72 bits per heavy atom. The summed E-state index contributed by atoms with van der Waals surface area (Å²) in [7, 11) is 0. The molecule has 6 heteroatoms. The maximum absolute atomic E-state index is 12.9. The fraction of sp³-hybridized carbons (Fsp3) is 0.462. The van der Waals surface area contributed by atoms with E-state index in [2.05, 4.69) is 17.4 Å². The Labute approximate surface area is 188 Å². The average Bonchev–Trinajstić information content (AvgIpc) is 3.55. The van der Waals surface area contributed by atoms with E-state index in [1.807, 2.05) is 47.4 Å². The highest BCUT2D eigenvalue weighted by Crippen LogP contribution is 2.59. The quantitative estimate of drug-likeness (QED) is 0.709. The number of carbonyl (C=O) groups excluding carboxylic acids is 2. The number of ether oxygens (including phenoxy) is 2. The average molecular weight is 435 g/mol. The lowest BCUT2D eigenvalue weighted by Gasteiger charge is -2.36. The molecule has 1 saturated heterocycles. The molecule has 32 heavy (non-hydrogen) atoms. The number of hydrogen-bond donors (Lipinski definition) is 1. The Kier molecular flexibility index (Phi) is 5.77. The van der Waals surface area contributed by atoms with Crippen molar-refractivity contribution in [3.8, 4) is 11.5 Å². The Bertz CT molecular complexity index is 969. The van der Waals surface area contributed by atoms with Crippen LogP contribution >= 0.6 is 0 Å². The number of nitrogens with zero attached hydrogens (tertiary/aromatic N) is 1. The number of hydrogen-bond acceptors (Lipinski definition) is 4. The second kappa shape index (κ2) is 8.85. The van der Waals surface area contributed by atoms with Crippen LogP contribution in [0.3, 0.4) is 0 Å². The van der Waals surface area contributed by atoms with Crippen LogP contribution in [0.25, 0.3) is 0 Å². The second-order valence-electron chi connectivity index (χ2n) is 9.19. The van der Waals surface area contributed by atoms with Crippen molar-refractivity contribution in [3.63, 3.8) is 0 Å². The van der Waals surface area contributed by atoms with E-state index in [4.69, 9.17) is 9.47 Å². The zero-order valence-electron chi connectivity index (χ0n) is 18.3. The summed E-state index contributed by atoms with van der Waals surface area (Å²) in [5.41, 5.74) is 1.38. The van der Waals surface area contributed by atoms with E-state index in [1.165, 1.54) is 5.56 Å². The van der Waals surface area contributed by atoms with Crippen LogP contribution in [0.2, 0.25) is 0 Å². The lowest BCUT2D eigenvalue weighted by Crippen LogP contribution is -2.49. The minimum absolute atomic E-state index is 0.0167. The van der Waals surface area contributed by atoms with Gasteiger partial charge in [0, 0.05) is 25.6 Å². The van der Waals surface area contributed by atoms with Gasteiger partial charge >= 0.3 is 0 Å². The lowest BCUT2D eigenvalue weighted by atomic mass is 9.90. The molecule has 1 N–H and O–H groups in total. The van der Waals surface area contributed by atoms with Crippen LogP contribution in [0.15, 0.2) is 54.6 Å². The third kappa shape index (κ3) is 4.31. The molecule has 168 valence electrons. The minimum atomic E-state index is -0.595. The van der Waals surface area contributed by atoms with Crippen LogP contribution in [0.1, 0.15) is 31.2 Å². The monoisotopic (exact) mass is 434 g/mol. The largest absolute Gasteiger partial charge is 0.485 e. The summed E-state index contributed by atoms with van der Waals surface area (Å²) >= 11 is 0. The SMILES string of the molecule is O=C(NCCCc1ccccc1)[C@@H]1CC12CCN(C(=O)[C@H]1COc3ccccc3O1)CC2. The fourth-order valence-electron chi connectivity index (χ4n) is 5.06. The summed E-state index contributed by atoms with van der Waals surface area (Å²) in [5, 5.41) is 3.13. The summed E-state index contributed by atoms with van der Waals surface area (Å²) in [6, 6.07) is 17.8. The van der Waals surface area contributed by atoms with Gasteiger partial charge in [0.2, 0.25) is 12.0 Å². The minimum Gasteiger partial charge on any atom is -0.485 e. The van der Waals surface area contributed by atoms with Crippen LogP contribution in [0.5, 0.6) is 11.5 Å². The molecule has 1 aliphatic carbocycles. The number of benzene rings is 2. The maximum atomic E-state index is 12.9. The Hall–Kier alpha value is -3.02. The van der Waals surface area contributed by atoms with Gasteiger partial charge in [0.15, 0.2) is 11.5 Å². The van der Waals surface area contributed by atoms with Crippen molar-refractivity contribution in [1.82, 2.24) is 10.2 Å². The predicted octanol–water partition coefficient (Wildman–Crippen LogP) is 3.20. The molecule has 2 aromatic carbocycles. The third-order valence-electron chi connectivity index (χ3n) is 7.15. The van der Waals surface area contributed by atoms with Crippen LogP contribution < -0.4 is 14.8 Å². The number of carbonyl (C=O) groups is 2. The van der Waals surface area contributed by atoms with Gasteiger partial charge in [-0.3, -0.25) is 9.59 Å². The maximum Gasteiger partial charge on any atom is 0.267 e. The van der Waals surface area contributed by atoms with Crippen LogP contribution in [-0.4, -0.2) is 49.1 Å². The number of nitrogens with one attached hydrogen (secondary N) is 1. The van der Waals surface area contributed by atoms with E-state index >= 15 is 0 Å². The highest BCUT2D eigenvalue weighted by molar-refractivity contribution is 5.84. The van der Waals surface area contributed by atoms with E-state index in [9.17, 15) is 9.59 Å². The number of para-hydroxylation sites is 2. The first-order valence-corrected chi connectivity index (χ1v) is 11.6. The normalized spacial score (nSPS) is 22.9. The Balaban J connectivity index is 1.05. The molecule has 1 spiro atoms. The fourth-order valence-corrected chi connectivity index (χ4v) is 5.06. The number of fused-ring (bicyclic) bond motifs is 1. The lowest BCUT2D eigenvalue weighted by molar-refractivity contribution is -0.142. The number of amides is 2. The van der Waals surface area contributed by atoms with Crippen LogP contribution in [-0.2, 0) is 16.0 Å². The van der Waals surface area contributed by atoms with Crippen LogP contribution in [0.4, 0.5) is 0 Å². The second-order valence-corrected chi connectivity index (χ2v) is 9.19. The molecule has 2 amide bonds. The summed E-state index contributed by atoms with van der Waals surface area (Å²) in [6.45, 7) is 2.31. The number of likely N-dealkylation sites (tertiary alicyclic amines) is 1. The smallest absolute Gasteiger partial charge is 0.267 e. The summed E-state index contributed by atoms with van der Waals surface area (Å²) in [4.78, 5) is 27.5. The zero-order chi connectivity index (χ0) is 22.0. The van der Waals surface area contributed by atoms with Gasteiger partial charge in [-0.2, -0.15) is 0 Å². The predicted molar refractivity (Wildman–Crippen MR) is 120 cm³/mol. The van der Waals surface area contributed by atoms with Crippen molar-refractivity contribution in [2.45, 2.75) is 38.2 Å². The van der Waals surface area contributed by atoms with E-state index in [0.29, 0.717) is 31.1 Å². The molecule has 5 rings (SSSR count). The first kappa shape index (κ1) is 20.9. The molecule has 2 fully saturated rings. The molecule has 0 aromatic heterocycles. The van der Waals surface area contributed by atoms with Gasteiger partial charge in [0.1, 0.15) is 6.61 Å². The van der Waals surface area contributed by atoms with E-state index in [0.717, 1.165) is 32.1 Å². The number of piperidine rings is 1. The molecule has 0 unspecified atom stereocenters. The third-order valence-corrected chi connectivity index (χ3v) is 7.15. The number of aryl methyl sites for hydroxylation is 1. The van der Waals surface area contributed by atoms with Crippen LogP contribution in [0, 0.1) is 11.3 Å². The first-order valence-electron chi connectivity index (χ1n) is 11.6. The van der Waals surface area contributed by atoms with Gasteiger partial charge < -0.3 is 19.7 Å². The highest BCUT2D eigenvalue weighted by Gasteiger charge is 2.58. The van der Waals surface area contributed by atoms with Gasteiger partial charge in [0.25, 0.3) is 5.91 Å². The van der Waals surface area contributed by atoms with E-state index in [1.54, 1.807) is 0 Å². The van der Waals surface area contributed by atoms with Crippen molar-refractivity contribution in [2.24, 2.45) is 11.3 Å². The summed E-state index contributed by atoms with van der Waals surface area (Å²) < 4.78 is 11.6. The molecule has 1 saturated carbocycles. The molecule has 3 aliphatic rings. The zero-order valence-corrected chi connectivity index (χ0v) is 18.3. The topological polar surface area (TPSA) is 67.9 Å². The Morgan fingerprint density at radius 3 is 2.50 bits per heavy atom. The van der Waals surface area contributed by atoms with Crippen molar-refractivity contribution in [3.05, 3.63) is 60.2 Å². The summed E-state index contributed by atoms with van der Waals surface area (Å²) in [6.07, 6.45) is 4.03. The molecule has 2 aliphatic heterocycles. The summed E-state index contributed by atoms with van der Waals surface area (Å²) in [5.74, 6) is 1.56. The van der Waals surface area contributed by atoms with Gasteiger partial charge in [-0.05, 0) is 55.2 Å². The van der Waals surface area contributed by atoms with Gasteiger partial charge in [0.05, 0.1) is 0 Å². The van der Waals surface area contributed by atoms with Crippen molar-refractivity contribution >= 4 is 11.8 Å². The van der Waals surface area contributed by atoms with Crippen molar-refractivity contribution in [1.29, 1.82) is 0 Å². The molecule has 0 radical (unpaired) electrons. The van der Waals surface area contributed by atoms with Crippen molar-refractivity contribution < 1.29 is 19.1 Å². The molecule has 2 aromatic rings. The molecule has 6 nitrogen and oxygen atoms in total. The number of rotatable bonds is 6. The molecule has 2 atom stereocenters. The molecule has 2 heterocycles.